The number of amides is 1. The van der Waals surface area contributed by atoms with E-state index in [0.717, 1.165) is 18.9 Å². The normalized spacial score (nSPS) is 17.4. The van der Waals surface area contributed by atoms with E-state index in [1.165, 1.54) is 0 Å². The van der Waals surface area contributed by atoms with Gasteiger partial charge in [-0.05, 0) is 12.8 Å². The SMILES string of the molecule is NC/C(=C\F)COc1nc2c(cc1OC(=O)C(F)(F)F)C(=O)N(C1CC1)CC2. The number of carbonyl (C=O) groups excluding carboxylic acids is 2. The van der Waals surface area contributed by atoms with Crippen molar-refractivity contribution in [2.75, 3.05) is 19.7 Å². The number of hydrogen-bond donors (Lipinski definition) is 1. The molecular weight excluding hydrogens is 386 g/mol. The zero-order valence-electron chi connectivity index (χ0n) is 14.6. The van der Waals surface area contributed by atoms with Gasteiger partial charge >= 0.3 is 12.1 Å². The van der Waals surface area contributed by atoms with Gasteiger partial charge in [-0.15, -0.1) is 0 Å². The Hall–Kier alpha value is -2.69. The topological polar surface area (TPSA) is 94.7 Å². The van der Waals surface area contributed by atoms with E-state index in [0.29, 0.717) is 18.7 Å². The summed E-state index contributed by atoms with van der Waals surface area (Å²) in [6.45, 7) is -0.172. The highest BCUT2D eigenvalue weighted by atomic mass is 19.4. The monoisotopic (exact) mass is 403 g/mol. The highest BCUT2D eigenvalue weighted by Gasteiger charge is 2.43. The molecule has 0 radical (unpaired) electrons. The van der Waals surface area contributed by atoms with Crippen molar-refractivity contribution >= 4 is 11.9 Å². The Kier molecular flexibility index (Phi) is 5.54. The Balaban J connectivity index is 1.93. The van der Waals surface area contributed by atoms with Gasteiger partial charge in [0.15, 0.2) is 5.75 Å². The molecule has 0 bridgehead atoms. The van der Waals surface area contributed by atoms with Crippen LogP contribution in [0, 0.1) is 0 Å². The molecule has 1 aliphatic carbocycles. The van der Waals surface area contributed by atoms with Crippen molar-refractivity contribution in [3.05, 3.63) is 29.2 Å². The number of nitrogens with two attached hydrogens (primary N) is 1. The van der Waals surface area contributed by atoms with E-state index in [4.69, 9.17) is 10.5 Å². The lowest BCUT2D eigenvalue weighted by atomic mass is 10.0. The molecule has 0 spiro atoms. The maximum absolute atomic E-state index is 12.6. The Bertz CT molecular complexity index is 821. The van der Waals surface area contributed by atoms with E-state index in [2.05, 4.69) is 9.72 Å². The second kappa shape index (κ2) is 7.74. The van der Waals surface area contributed by atoms with Crippen LogP contribution in [0.1, 0.15) is 28.9 Å². The summed E-state index contributed by atoms with van der Waals surface area (Å²) >= 11 is 0. The van der Waals surface area contributed by atoms with Crippen LogP contribution in [0.15, 0.2) is 18.0 Å². The zero-order chi connectivity index (χ0) is 20.5. The van der Waals surface area contributed by atoms with Crippen LogP contribution < -0.4 is 15.2 Å². The van der Waals surface area contributed by atoms with Gasteiger partial charge in [0.1, 0.15) is 6.61 Å². The van der Waals surface area contributed by atoms with Crippen LogP contribution in [0.2, 0.25) is 0 Å². The van der Waals surface area contributed by atoms with Crippen molar-refractivity contribution in [1.29, 1.82) is 0 Å². The van der Waals surface area contributed by atoms with Crippen molar-refractivity contribution in [2.24, 2.45) is 5.73 Å². The third kappa shape index (κ3) is 4.24. The van der Waals surface area contributed by atoms with Gasteiger partial charge in [0.2, 0.25) is 0 Å². The minimum absolute atomic E-state index is 0.0172. The quantitative estimate of drug-likeness (QED) is 0.576. The Morgan fingerprint density at radius 2 is 2.11 bits per heavy atom. The number of carbonyl (C=O) groups is 2. The third-order valence-corrected chi connectivity index (χ3v) is 4.35. The Morgan fingerprint density at radius 3 is 2.68 bits per heavy atom. The molecule has 28 heavy (non-hydrogen) atoms. The van der Waals surface area contributed by atoms with Gasteiger partial charge in [-0.3, -0.25) is 4.79 Å². The van der Waals surface area contributed by atoms with Crippen LogP contribution in [0.4, 0.5) is 17.6 Å². The number of nitrogens with zero attached hydrogens (tertiary/aromatic N) is 2. The van der Waals surface area contributed by atoms with Crippen molar-refractivity contribution < 1.29 is 36.6 Å². The fourth-order valence-corrected chi connectivity index (χ4v) is 2.74. The smallest absolute Gasteiger partial charge is 0.470 e. The molecule has 2 heterocycles. The summed E-state index contributed by atoms with van der Waals surface area (Å²) < 4.78 is 60.0. The zero-order valence-corrected chi connectivity index (χ0v) is 14.6. The minimum atomic E-state index is -5.25. The molecule has 0 saturated heterocycles. The summed E-state index contributed by atoms with van der Waals surface area (Å²) in [5, 5.41) is 0. The first-order valence-corrected chi connectivity index (χ1v) is 8.49. The molecule has 0 atom stereocenters. The fraction of sp³-hybridized carbons (Fsp3) is 0.471. The van der Waals surface area contributed by atoms with Gasteiger partial charge in [-0.2, -0.15) is 13.2 Å². The highest BCUT2D eigenvalue weighted by Crippen LogP contribution is 2.36. The molecular formula is C17H17F4N3O4. The van der Waals surface area contributed by atoms with Crippen molar-refractivity contribution in [3.8, 4) is 11.6 Å². The maximum Gasteiger partial charge on any atom is 0.491 e. The molecule has 1 aromatic heterocycles. The fourth-order valence-electron chi connectivity index (χ4n) is 2.74. The van der Waals surface area contributed by atoms with Crippen molar-refractivity contribution in [3.63, 3.8) is 0 Å². The minimum Gasteiger partial charge on any atom is -0.470 e. The average molecular weight is 403 g/mol. The number of rotatable bonds is 6. The van der Waals surface area contributed by atoms with Crippen LogP contribution in [0.25, 0.3) is 0 Å². The molecule has 2 N–H and O–H groups in total. The number of pyridine rings is 1. The molecule has 1 saturated carbocycles. The number of esters is 1. The van der Waals surface area contributed by atoms with E-state index >= 15 is 0 Å². The number of alkyl halides is 3. The summed E-state index contributed by atoms with van der Waals surface area (Å²) in [6, 6.07) is 1.12. The molecule has 2 aliphatic rings. The van der Waals surface area contributed by atoms with Crippen LogP contribution >= 0.6 is 0 Å². The molecule has 152 valence electrons. The predicted octanol–water partition coefficient (Wildman–Crippen LogP) is 1.90. The standard InChI is InChI=1S/C17H17F4N3O4/c18-6-9(7-22)8-27-14-13(28-16(26)17(19,20)21)5-11-12(23-14)3-4-24(15(11)25)10-1-2-10/h5-6,10H,1-4,7-8,22H2/b9-6+. The molecule has 7 nitrogen and oxygen atoms in total. The van der Waals surface area contributed by atoms with Gasteiger partial charge in [-0.1, -0.05) is 0 Å². The summed E-state index contributed by atoms with van der Waals surface area (Å²) in [7, 11) is 0. The van der Waals surface area contributed by atoms with Crippen LogP contribution in [0.5, 0.6) is 11.6 Å². The van der Waals surface area contributed by atoms with Gasteiger partial charge in [-0.25, -0.2) is 14.2 Å². The summed E-state index contributed by atoms with van der Waals surface area (Å²) in [5.74, 6) is -3.99. The van der Waals surface area contributed by atoms with Gasteiger partial charge in [0.25, 0.3) is 11.8 Å². The lowest BCUT2D eigenvalue weighted by Crippen LogP contribution is -2.39. The average Bonchev–Trinajstić information content (AvgIpc) is 3.47. The lowest BCUT2D eigenvalue weighted by Gasteiger charge is -2.28. The molecule has 0 unspecified atom stereocenters. The predicted molar refractivity (Wildman–Crippen MR) is 87.4 cm³/mol. The lowest BCUT2D eigenvalue weighted by molar-refractivity contribution is -0.189. The largest absolute Gasteiger partial charge is 0.491 e. The second-order valence-corrected chi connectivity index (χ2v) is 6.41. The van der Waals surface area contributed by atoms with E-state index in [9.17, 15) is 27.2 Å². The van der Waals surface area contributed by atoms with E-state index in [-0.39, 0.29) is 30.1 Å². The van der Waals surface area contributed by atoms with Crippen LogP contribution in [-0.4, -0.2) is 53.7 Å². The Labute approximate surface area is 157 Å². The summed E-state index contributed by atoms with van der Waals surface area (Å²) in [4.78, 5) is 29.5. The van der Waals surface area contributed by atoms with E-state index in [1.807, 2.05) is 0 Å². The molecule has 0 aromatic carbocycles. The highest BCUT2D eigenvalue weighted by molar-refractivity contribution is 5.97. The molecule has 3 rings (SSSR count). The van der Waals surface area contributed by atoms with Gasteiger partial charge in [0.05, 0.1) is 17.6 Å². The third-order valence-electron chi connectivity index (χ3n) is 4.35. The molecule has 1 aliphatic heterocycles. The van der Waals surface area contributed by atoms with Crippen LogP contribution in [-0.2, 0) is 11.2 Å². The number of hydrogen-bond acceptors (Lipinski definition) is 6. The van der Waals surface area contributed by atoms with Gasteiger partial charge in [0, 0.05) is 37.2 Å². The second-order valence-electron chi connectivity index (χ2n) is 6.41. The van der Waals surface area contributed by atoms with Crippen LogP contribution in [0.3, 0.4) is 0 Å². The maximum atomic E-state index is 12.6. The number of ether oxygens (including phenoxy) is 2. The first kappa shape index (κ1) is 20.1. The molecule has 11 heteroatoms. The molecule has 1 fully saturated rings. The van der Waals surface area contributed by atoms with E-state index < -0.39 is 36.3 Å². The number of halogens is 4. The van der Waals surface area contributed by atoms with Gasteiger partial charge < -0.3 is 20.1 Å². The summed E-state index contributed by atoms with van der Waals surface area (Å²) in [6.07, 6.45) is -2.95. The van der Waals surface area contributed by atoms with Crippen molar-refractivity contribution in [2.45, 2.75) is 31.5 Å². The van der Waals surface area contributed by atoms with Crippen molar-refractivity contribution in [1.82, 2.24) is 9.88 Å². The number of fused-ring (bicyclic) bond motifs is 1. The first-order valence-electron chi connectivity index (χ1n) is 8.49. The first-order chi connectivity index (χ1) is 13.2. The molecule has 1 aromatic rings. The van der Waals surface area contributed by atoms with E-state index in [1.54, 1.807) is 4.90 Å². The number of aromatic nitrogens is 1. The molecule has 1 amide bonds. The Morgan fingerprint density at radius 1 is 1.39 bits per heavy atom. The summed E-state index contributed by atoms with van der Waals surface area (Å²) in [5.41, 5.74) is 5.69.